The van der Waals surface area contributed by atoms with Crippen LogP contribution in [0.5, 0.6) is 17.2 Å². The van der Waals surface area contributed by atoms with E-state index in [1.54, 1.807) is 37.5 Å². The number of carbonyl (C=O) groups excluding carboxylic acids is 1. The molecule has 3 rings (SSSR count). The summed E-state index contributed by atoms with van der Waals surface area (Å²) >= 11 is 0. The zero-order valence-electron chi connectivity index (χ0n) is 17.8. The molecule has 0 radical (unpaired) electrons. The van der Waals surface area contributed by atoms with Crippen molar-refractivity contribution in [3.63, 3.8) is 0 Å². The lowest BCUT2D eigenvalue weighted by atomic mass is 10.0. The number of hydrogen-bond acceptors (Lipinski definition) is 5. The Morgan fingerprint density at radius 3 is 2.52 bits per heavy atom. The van der Waals surface area contributed by atoms with Crippen LogP contribution in [-0.2, 0) is 4.79 Å². The van der Waals surface area contributed by atoms with Gasteiger partial charge in [-0.25, -0.2) is 0 Å². The highest BCUT2D eigenvalue weighted by Crippen LogP contribution is 2.33. The monoisotopic (exact) mass is 416 g/mol. The lowest BCUT2D eigenvalue weighted by molar-refractivity contribution is -0.112. The van der Waals surface area contributed by atoms with E-state index in [1.165, 1.54) is 0 Å². The Morgan fingerprint density at radius 1 is 1.03 bits per heavy atom. The maximum Gasteiger partial charge on any atom is 0.266 e. The summed E-state index contributed by atoms with van der Waals surface area (Å²) in [6.07, 6.45) is 1.55. The summed E-state index contributed by atoms with van der Waals surface area (Å²) in [6, 6.07) is 18.5. The normalized spacial score (nSPS) is 11.0. The van der Waals surface area contributed by atoms with Gasteiger partial charge in [0.1, 0.15) is 28.9 Å². The first-order valence-electron chi connectivity index (χ1n) is 9.99. The van der Waals surface area contributed by atoms with Gasteiger partial charge in [-0.15, -0.1) is 0 Å². The van der Waals surface area contributed by atoms with E-state index in [4.69, 9.17) is 14.2 Å². The van der Waals surface area contributed by atoms with Gasteiger partial charge < -0.3 is 19.5 Å². The summed E-state index contributed by atoms with van der Waals surface area (Å²) in [5, 5.41) is 14.2. The molecule has 6 nitrogen and oxygen atoms in total. The van der Waals surface area contributed by atoms with E-state index in [1.807, 2.05) is 50.2 Å². The molecule has 0 fully saturated rings. The second kappa shape index (κ2) is 10.2. The minimum absolute atomic E-state index is 0.0434. The smallest absolute Gasteiger partial charge is 0.266 e. The van der Waals surface area contributed by atoms with Crippen molar-refractivity contribution >= 4 is 28.4 Å². The number of carbonyl (C=O) groups is 1. The SMILES string of the molecule is CCOc1ccc2ccc(OCC)c(/C=C(/C#N)C(=O)Nc3cccc(OC)c3)c2c1. The summed E-state index contributed by atoms with van der Waals surface area (Å²) in [4.78, 5) is 12.8. The molecule has 0 aromatic heterocycles. The van der Waals surface area contributed by atoms with Gasteiger partial charge in [0, 0.05) is 17.3 Å². The molecule has 1 amide bonds. The zero-order valence-corrected chi connectivity index (χ0v) is 17.8. The maximum absolute atomic E-state index is 12.8. The van der Waals surface area contributed by atoms with Gasteiger partial charge in [-0.05, 0) is 61.0 Å². The molecule has 0 aliphatic heterocycles. The van der Waals surface area contributed by atoms with Crippen LogP contribution < -0.4 is 19.5 Å². The summed E-state index contributed by atoms with van der Waals surface area (Å²) in [6.45, 7) is 4.79. The number of hydrogen-bond donors (Lipinski definition) is 1. The Labute approximate surface area is 181 Å². The Morgan fingerprint density at radius 2 is 1.81 bits per heavy atom. The molecule has 0 aliphatic rings. The third kappa shape index (κ3) is 5.14. The van der Waals surface area contributed by atoms with Gasteiger partial charge in [0.05, 0.1) is 20.3 Å². The van der Waals surface area contributed by atoms with Crippen molar-refractivity contribution in [2.75, 3.05) is 25.6 Å². The fourth-order valence-electron chi connectivity index (χ4n) is 3.18. The van der Waals surface area contributed by atoms with Crippen LogP contribution in [0.15, 0.2) is 60.2 Å². The Balaban J connectivity index is 2.05. The van der Waals surface area contributed by atoms with E-state index in [9.17, 15) is 10.1 Å². The lowest BCUT2D eigenvalue weighted by Crippen LogP contribution is -2.13. The molecule has 0 bridgehead atoms. The summed E-state index contributed by atoms with van der Waals surface area (Å²) in [5.41, 5.74) is 1.14. The molecule has 3 aromatic carbocycles. The van der Waals surface area contributed by atoms with Gasteiger partial charge in [0.25, 0.3) is 5.91 Å². The highest BCUT2D eigenvalue weighted by atomic mass is 16.5. The van der Waals surface area contributed by atoms with Crippen LogP contribution >= 0.6 is 0 Å². The number of ether oxygens (including phenoxy) is 3. The number of nitrogens with zero attached hydrogens (tertiary/aromatic N) is 1. The first kappa shape index (κ1) is 21.7. The second-order valence-corrected chi connectivity index (χ2v) is 6.58. The largest absolute Gasteiger partial charge is 0.497 e. The average Bonchev–Trinajstić information content (AvgIpc) is 2.78. The molecule has 0 atom stereocenters. The van der Waals surface area contributed by atoms with Crippen LogP contribution in [-0.4, -0.2) is 26.2 Å². The van der Waals surface area contributed by atoms with Gasteiger partial charge in [0.2, 0.25) is 0 Å². The second-order valence-electron chi connectivity index (χ2n) is 6.58. The number of fused-ring (bicyclic) bond motifs is 1. The Kier molecular flexibility index (Phi) is 7.13. The van der Waals surface area contributed by atoms with Crippen molar-refractivity contribution in [3.05, 3.63) is 65.7 Å². The predicted octanol–water partition coefficient (Wildman–Crippen LogP) is 5.19. The molecule has 0 saturated carbocycles. The van der Waals surface area contributed by atoms with E-state index < -0.39 is 5.91 Å². The molecular weight excluding hydrogens is 392 g/mol. The van der Waals surface area contributed by atoms with Crippen LogP contribution in [0.2, 0.25) is 0 Å². The third-order valence-electron chi connectivity index (χ3n) is 4.59. The maximum atomic E-state index is 12.8. The van der Waals surface area contributed by atoms with Crippen LogP contribution in [0.4, 0.5) is 5.69 Å². The molecule has 6 heteroatoms. The highest BCUT2D eigenvalue weighted by Gasteiger charge is 2.14. The number of amides is 1. The van der Waals surface area contributed by atoms with Crippen LogP contribution in [0.1, 0.15) is 19.4 Å². The van der Waals surface area contributed by atoms with Crippen molar-refractivity contribution < 1.29 is 19.0 Å². The minimum atomic E-state index is -0.517. The Bertz CT molecular complexity index is 1160. The lowest BCUT2D eigenvalue weighted by Gasteiger charge is -2.13. The summed E-state index contributed by atoms with van der Waals surface area (Å²) in [5.74, 6) is 1.39. The molecule has 0 unspecified atom stereocenters. The van der Waals surface area contributed by atoms with Crippen molar-refractivity contribution in [2.45, 2.75) is 13.8 Å². The van der Waals surface area contributed by atoms with Gasteiger partial charge in [-0.1, -0.05) is 18.2 Å². The van der Waals surface area contributed by atoms with E-state index >= 15 is 0 Å². The first-order chi connectivity index (χ1) is 15.1. The number of nitriles is 1. The van der Waals surface area contributed by atoms with Gasteiger partial charge in [-0.2, -0.15) is 5.26 Å². The molecule has 3 aromatic rings. The Hall–Kier alpha value is -3.98. The molecule has 0 aliphatic carbocycles. The number of nitrogens with one attached hydrogen (secondary N) is 1. The molecule has 0 heterocycles. The van der Waals surface area contributed by atoms with Crippen molar-refractivity contribution in [1.29, 1.82) is 5.26 Å². The average molecular weight is 416 g/mol. The quantitative estimate of drug-likeness (QED) is 0.404. The molecule has 31 heavy (non-hydrogen) atoms. The highest BCUT2D eigenvalue weighted by molar-refractivity contribution is 6.11. The molecule has 0 saturated heterocycles. The van der Waals surface area contributed by atoms with Crippen LogP contribution in [0.25, 0.3) is 16.8 Å². The van der Waals surface area contributed by atoms with E-state index in [2.05, 4.69) is 5.32 Å². The van der Waals surface area contributed by atoms with Crippen LogP contribution in [0.3, 0.4) is 0 Å². The van der Waals surface area contributed by atoms with E-state index in [0.717, 1.165) is 10.8 Å². The molecule has 158 valence electrons. The number of anilines is 1. The van der Waals surface area contributed by atoms with Crippen molar-refractivity contribution in [1.82, 2.24) is 0 Å². The summed E-state index contributed by atoms with van der Waals surface area (Å²) in [7, 11) is 1.55. The molecule has 0 spiro atoms. The number of methoxy groups -OCH3 is 1. The zero-order chi connectivity index (χ0) is 22.2. The van der Waals surface area contributed by atoms with Crippen molar-refractivity contribution in [2.24, 2.45) is 0 Å². The first-order valence-corrected chi connectivity index (χ1v) is 9.99. The van der Waals surface area contributed by atoms with Gasteiger partial charge in [0.15, 0.2) is 0 Å². The topological polar surface area (TPSA) is 80.6 Å². The molecular formula is C25H24N2O4. The van der Waals surface area contributed by atoms with Crippen molar-refractivity contribution in [3.8, 4) is 23.3 Å². The molecule has 1 N–H and O–H groups in total. The summed E-state index contributed by atoms with van der Waals surface area (Å²) < 4.78 is 16.6. The van der Waals surface area contributed by atoms with E-state index in [0.29, 0.717) is 41.7 Å². The minimum Gasteiger partial charge on any atom is -0.497 e. The van der Waals surface area contributed by atoms with Gasteiger partial charge in [-0.3, -0.25) is 4.79 Å². The number of rotatable bonds is 8. The third-order valence-corrected chi connectivity index (χ3v) is 4.59. The predicted molar refractivity (Wildman–Crippen MR) is 121 cm³/mol. The standard InChI is InChI=1S/C25H24N2O4/c1-4-30-21-11-9-17-10-12-24(31-5-2)23(22(17)15-21)13-18(16-26)25(28)27-19-7-6-8-20(14-19)29-3/h6-15H,4-5H2,1-3H3,(H,27,28)/b18-13-. The number of benzene rings is 3. The van der Waals surface area contributed by atoms with E-state index in [-0.39, 0.29) is 5.57 Å². The van der Waals surface area contributed by atoms with Gasteiger partial charge >= 0.3 is 0 Å². The fraction of sp³-hybridized carbons (Fsp3) is 0.200. The van der Waals surface area contributed by atoms with Crippen LogP contribution in [0, 0.1) is 11.3 Å². The fourth-order valence-corrected chi connectivity index (χ4v) is 3.18.